The maximum Gasteiger partial charge on any atom is 0.194 e. The summed E-state index contributed by atoms with van der Waals surface area (Å²) < 4.78 is 38.5. The maximum atomic E-state index is 15.1. The molecule has 1 unspecified atom stereocenters. The summed E-state index contributed by atoms with van der Waals surface area (Å²) in [7, 11) is 4.75. The molecule has 13 nitrogen and oxygen atoms in total. The minimum atomic E-state index is -1.43. The van der Waals surface area contributed by atoms with Gasteiger partial charge in [-0.2, -0.15) is 0 Å². The van der Waals surface area contributed by atoms with Crippen molar-refractivity contribution in [2.75, 3.05) is 40.3 Å². The van der Waals surface area contributed by atoms with Gasteiger partial charge in [0.15, 0.2) is 29.6 Å². The molecule has 1 fully saturated rings. The van der Waals surface area contributed by atoms with E-state index in [-0.39, 0.29) is 19.0 Å². The van der Waals surface area contributed by atoms with Crippen molar-refractivity contribution < 1.29 is 38.3 Å². The normalized spacial score (nSPS) is 19.1. The number of ether oxygens (including phenoxy) is 6. The van der Waals surface area contributed by atoms with Gasteiger partial charge in [-0.25, -0.2) is 15.0 Å². The zero-order chi connectivity index (χ0) is 37.7. The number of carbonyl (C=O) groups is 1. The number of methoxy groups -OCH3 is 3. The highest BCUT2D eigenvalue weighted by Crippen LogP contribution is 2.45. The molecular weight excluding hydrogens is 690 g/mol. The molecule has 0 saturated carbocycles. The Hall–Kier alpha value is -5.70. The fourth-order valence-corrected chi connectivity index (χ4v) is 6.92. The lowest BCUT2D eigenvalue weighted by atomic mass is 9.79. The molecule has 1 aliphatic rings. The number of aliphatic hydroxyl groups is 1. The van der Waals surface area contributed by atoms with E-state index in [1.165, 1.54) is 12.7 Å². The summed E-state index contributed by atoms with van der Waals surface area (Å²) in [6.07, 6.45) is -3.28. The summed E-state index contributed by atoms with van der Waals surface area (Å²) >= 11 is 0. The molecule has 0 bridgehead atoms. The summed E-state index contributed by atoms with van der Waals surface area (Å²) in [5, 5.41) is 12.1. The zero-order valence-electron chi connectivity index (χ0n) is 30.0. The third-order valence-corrected chi connectivity index (χ3v) is 9.60. The molecule has 3 heterocycles. The lowest BCUT2D eigenvalue weighted by Gasteiger charge is -2.40. The van der Waals surface area contributed by atoms with E-state index >= 15 is 4.79 Å². The third-order valence-electron chi connectivity index (χ3n) is 9.60. The Bertz CT molecular complexity index is 2100. The Morgan fingerprint density at radius 2 is 1.41 bits per heavy atom. The second kappa shape index (κ2) is 16.1. The summed E-state index contributed by atoms with van der Waals surface area (Å²) in [5.41, 5.74) is 7.86. The van der Waals surface area contributed by atoms with Crippen LogP contribution in [0, 0.1) is 0 Å². The molecule has 6 aromatic rings. The number of hydrogen-bond acceptors (Lipinski definition) is 12. The Balaban J connectivity index is 1.44. The standard InChI is InChI=1S/C41H41N5O8/c1-49-22-23-52-35-34(48)40(46-25-45-32-38(42)43-24-44-39(32)46)53-37(35)36(33(47)26-10-6-4-7-11-26)54-41(27-12-8-5-9-13-27,28-14-18-30(50-2)19-15-28)29-16-20-31(51-3)21-17-29/h4-21,24-25,34-37,40,48H,22-23H2,1-3H3,(H2,42,43,44)/t34-,35+,36?,37+,40-/m1/s1. The molecule has 3 N–H and O–H groups in total. The van der Waals surface area contributed by atoms with E-state index in [0.717, 1.165) is 5.56 Å². The molecule has 1 aliphatic heterocycles. The number of nitrogens with zero attached hydrogens (tertiary/aromatic N) is 4. The molecule has 1 saturated heterocycles. The van der Waals surface area contributed by atoms with E-state index in [2.05, 4.69) is 15.0 Å². The number of carbonyl (C=O) groups excluding carboxylic acids is 1. The Morgan fingerprint density at radius 3 is 2.00 bits per heavy atom. The average Bonchev–Trinajstić information content (AvgIpc) is 3.80. The predicted molar refractivity (Wildman–Crippen MR) is 199 cm³/mol. The van der Waals surface area contributed by atoms with Crippen LogP contribution < -0.4 is 15.2 Å². The number of benzene rings is 4. The molecule has 13 heteroatoms. The number of anilines is 1. The molecule has 4 aromatic carbocycles. The maximum absolute atomic E-state index is 15.1. The third kappa shape index (κ3) is 6.91. The first-order chi connectivity index (χ1) is 26.4. The van der Waals surface area contributed by atoms with Gasteiger partial charge in [-0.05, 0) is 41.0 Å². The van der Waals surface area contributed by atoms with E-state index < -0.39 is 42.0 Å². The van der Waals surface area contributed by atoms with Crippen molar-refractivity contribution in [2.45, 2.75) is 36.2 Å². The number of rotatable bonds is 15. The molecule has 0 spiro atoms. The highest BCUT2D eigenvalue weighted by atomic mass is 16.6. The van der Waals surface area contributed by atoms with Crippen molar-refractivity contribution in [3.8, 4) is 11.5 Å². The topological polar surface area (TPSA) is 162 Å². The number of ketones is 1. The minimum Gasteiger partial charge on any atom is -0.497 e. The molecular formula is C41H41N5O8. The van der Waals surface area contributed by atoms with Gasteiger partial charge in [0.1, 0.15) is 47.3 Å². The molecule has 278 valence electrons. The molecule has 0 aliphatic carbocycles. The highest BCUT2D eigenvalue weighted by molar-refractivity contribution is 6.00. The van der Waals surface area contributed by atoms with Crippen LogP contribution in [-0.2, 0) is 24.5 Å². The monoisotopic (exact) mass is 731 g/mol. The number of hydrogen-bond donors (Lipinski definition) is 2. The van der Waals surface area contributed by atoms with Gasteiger partial charge >= 0.3 is 0 Å². The first-order valence-corrected chi connectivity index (χ1v) is 17.4. The van der Waals surface area contributed by atoms with Gasteiger partial charge in [0.2, 0.25) is 0 Å². The van der Waals surface area contributed by atoms with Crippen LogP contribution in [0.25, 0.3) is 11.2 Å². The molecule has 2 aromatic heterocycles. The van der Waals surface area contributed by atoms with E-state index in [9.17, 15) is 5.11 Å². The van der Waals surface area contributed by atoms with Gasteiger partial charge in [0.05, 0.1) is 33.8 Å². The van der Waals surface area contributed by atoms with Crippen molar-refractivity contribution in [1.82, 2.24) is 19.5 Å². The van der Waals surface area contributed by atoms with Crippen molar-refractivity contribution in [3.05, 3.63) is 144 Å². The molecule has 0 radical (unpaired) electrons. The number of Topliss-reactive ketones (excluding diaryl/α,β-unsaturated/α-hetero) is 1. The van der Waals surface area contributed by atoms with Gasteiger partial charge in [-0.15, -0.1) is 0 Å². The van der Waals surface area contributed by atoms with Gasteiger partial charge < -0.3 is 39.3 Å². The molecule has 5 atom stereocenters. The fourth-order valence-electron chi connectivity index (χ4n) is 6.92. The fraction of sp³-hybridized carbons (Fsp3) is 0.268. The summed E-state index contributed by atoms with van der Waals surface area (Å²) in [6, 6.07) is 33.4. The largest absolute Gasteiger partial charge is 0.497 e. The second-order valence-corrected chi connectivity index (χ2v) is 12.7. The van der Waals surface area contributed by atoms with Crippen LogP contribution in [0.2, 0.25) is 0 Å². The number of nitrogen functional groups attached to an aromatic ring is 1. The van der Waals surface area contributed by atoms with E-state index in [4.69, 9.17) is 34.2 Å². The summed E-state index contributed by atoms with van der Waals surface area (Å²) in [4.78, 5) is 27.9. The number of fused-ring (bicyclic) bond motifs is 1. The molecule has 0 amide bonds. The minimum absolute atomic E-state index is 0.0949. The Kier molecular flexibility index (Phi) is 10.9. The SMILES string of the molecule is COCCO[C@H]1[C@@H](O)[C@H](n2cnc3c(N)ncnc32)O[C@@H]1C(OC(c1ccccc1)(c1ccc(OC)cc1)c1ccc(OC)cc1)C(=O)c1ccccc1. The van der Waals surface area contributed by atoms with Gasteiger partial charge in [0.25, 0.3) is 0 Å². The quantitative estimate of drug-likeness (QED) is 0.0830. The summed E-state index contributed by atoms with van der Waals surface area (Å²) in [5.74, 6) is 1.06. The van der Waals surface area contributed by atoms with E-state index in [1.54, 1.807) is 50.2 Å². The van der Waals surface area contributed by atoms with Gasteiger partial charge in [0, 0.05) is 12.7 Å². The number of imidazole rings is 1. The van der Waals surface area contributed by atoms with Crippen molar-refractivity contribution in [1.29, 1.82) is 0 Å². The van der Waals surface area contributed by atoms with Crippen LogP contribution in [0.1, 0.15) is 33.3 Å². The lowest BCUT2D eigenvalue weighted by Crippen LogP contribution is -2.50. The van der Waals surface area contributed by atoms with Crippen LogP contribution >= 0.6 is 0 Å². The van der Waals surface area contributed by atoms with Crippen LogP contribution in [0.15, 0.2) is 122 Å². The predicted octanol–water partition coefficient (Wildman–Crippen LogP) is 4.98. The van der Waals surface area contributed by atoms with Crippen molar-refractivity contribution in [3.63, 3.8) is 0 Å². The first kappa shape index (κ1) is 36.6. The highest BCUT2D eigenvalue weighted by Gasteiger charge is 2.54. The molecule has 7 rings (SSSR count). The average molecular weight is 732 g/mol. The Morgan fingerprint density at radius 1 is 0.815 bits per heavy atom. The number of nitrogens with two attached hydrogens (primary N) is 1. The first-order valence-electron chi connectivity index (χ1n) is 17.4. The van der Waals surface area contributed by atoms with Gasteiger partial charge in [-0.1, -0.05) is 84.9 Å². The van der Waals surface area contributed by atoms with E-state index in [1.807, 2.05) is 84.9 Å². The van der Waals surface area contributed by atoms with Crippen LogP contribution in [0.3, 0.4) is 0 Å². The van der Waals surface area contributed by atoms with Crippen LogP contribution in [0.4, 0.5) is 5.82 Å². The Labute approximate surface area is 312 Å². The van der Waals surface area contributed by atoms with E-state index in [0.29, 0.717) is 39.4 Å². The molecule has 54 heavy (non-hydrogen) atoms. The lowest BCUT2D eigenvalue weighted by molar-refractivity contribution is -0.135. The van der Waals surface area contributed by atoms with Gasteiger partial charge in [-0.3, -0.25) is 9.36 Å². The van der Waals surface area contributed by atoms with Crippen LogP contribution in [0.5, 0.6) is 11.5 Å². The van der Waals surface area contributed by atoms with Crippen LogP contribution in [-0.4, -0.2) is 89.4 Å². The van der Waals surface area contributed by atoms with Crippen molar-refractivity contribution in [2.24, 2.45) is 0 Å². The van der Waals surface area contributed by atoms with Crippen molar-refractivity contribution >= 4 is 22.8 Å². The zero-order valence-corrected chi connectivity index (χ0v) is 30.0. The number of aliphatic hydroxyl groups excluding tert-OH is 1. The summed E-state index contributed by atoms with van der Waals surface area (Å²) in [6.45, 7) is 0.319. The second-order valence-electron chi connectivity index (χ2n) is 12.7. The number of aromatic nitrogens is 4. The smallest absolute Gasteiger partial charge is 0.194 e.